The molecule has 5 unspecified atom stereocenters. The number of aliphatic carboxylic acids is 2. The van der Waals surface area contributed by atoms with E-state index in [0.29, 0.717) is 52.3 Å². The van der Waals surface area contributed by atoms with E-state index in [1.165, 1.54) is 14.2 Å². The minimum absolute atomic E-state index is 0.102. The SMILES string of the molecule is COc1cc(OC)c(Cl)c(-c2ccc3nc(NC4CC(C(N)=O)CCC4N)ncc3c2)c1Cl.O=C(O)C(O)C(O)C(=O)O. The van der Waals surface area contributed by atoms with Crippen molar-refractivity contribution in [1.82, 2.24) is 9.97 Å². The first-order valence-electron chi connectivity index (χ1n) is 12.8. The summed E-state index contributed by atoms with van der Waals surface area (Å²) in [6, 6.07) is 7.06. The number of hydrogen-bond donors (Lipinski definition) is 7. The van der Waals surface area contributed by atoms with Crippen molar-refractivity contribution < 1.29 is 44.3 Å². The fourth-order valence-corrected chi connectivity index (χ4v) is 5.17. The van der Waals surface area contributed by atoms with Crippen molar-refractivity contribution >= 4 is 57.9 Å². The fraction of sp³-hybridized carbons (Fsp3) is 0.370. The number of halogens is 2. The number of rotatable bonds is 9. The number of primary amides is 1. The Morgan fingerprint density at radius 2 is 1.58 bits per heavy atom. The van der Waals surface area contributed by atoms with E-state index in [2.05, 4.69) is 15.3 Å². The lowest BCUT2D eigenvalue weighted by Crippen LogP contribution is -2.47. The number of hydrogen-bond acceptors (Lipinski definition) is 11. The number of nitrogens with one attached hydrogen (secondary N) is 1. The number of amides is 1. The molecule has 0 radical (unpaired) electrons. The van der Waals surface area contributed by atoms with Crippen LogP contribution in [0, 0.1) is 5.92 Å². The van der Waals surface area contributed by atoms with Crippen LogP contribution in [0.4, 0.5) is 5.95 Å². The van der Waals surface area contributed by atoms with Gasteiger partial charge in [-0.3, -0.25) is 4.79 Å². The first-order valence-corrected chi connectivity index (χ1v) is 13.5. The van der Waals surface area contributed by atoms with Crippen molar-refractivity contribution in [2.24, 2.45) is 17.4 Å². The van der Waals surface area contributed by atoms with E-state index in [1.807, 2.05) is 18.2 Å². The van der Waals surface area contributed by atoms with E-state index in [-0.39, 0.29) is 23.9 Å². The van der Waals surface area contributed by atoms with Crippen LogP contribution in [0.5, 0.6) is 11.5 Å². The van der Waals surface area contributed by atoms with Gasteiger partial charge in [-0.05, 0) is 37.0 Å². The predicted octanol–water partition coefficient (Wildman–Crippen LogP) is 1.89. The molecule has 1 aliphatic rings. The molecule has 2 aromatic carbocycles. The highest BCUT2D eigenvalue weighted by molar-refractivity contribution is 6.41. The molecule has 1 fully saturated rings. The summed E-state index contributed by atoms with van der Waals surface area (Å²) in [5.74, 6) is -2.67. The Morgan fingerprint density at radius 3 is 2.09 bits per heavy atom. The Hall–Kier alpha value is -3.95. The second-order valence-electron chi connectivity index (χ2n) is 9.64. The summed E-state index contributed by atoms with van der Waals surface area (Å²) in [4.78, 5) is 40.2. The summed E-state index contributed by atoms with van der Waals surface area (Å²) < 4.78 is 10.7. The van der Waals surface area contributed by atoms with Crippen molar-refractivity contribution in [2.45, 2.75) is 43.6 Å². The molecule has 14 nitrogen and oxygen atoms in total. The number of carboxylic acids is 2. The van der Waals surface area contributed by atoms with Crippen LogP contribution in [0.3, 0.4) is 0 Å². The third-order valence-electron chi connectivity index (χ3n) is 6.87. The second-order valence-corrected chi connectivity index (χ2v) is 10.4. The normalized spacial score (nSPS) is 19.4. The van der Waals surface area contributed by atoms with Gasteiger partial charge in [0.25, 0.3) is 0 Å². The van der Waals surface area contributed by atoms with Crippen molar-refractivity contribution in [3.05, 3.63) is 40.5 Å². The lowest BCUT2D eigenvalue weighted by Gasteiger charge is -2.33. The van der Waals surface area contributed by atoms with Crippen LogP contribution < -0.4 is 26.3 Å². The maximum absolute atomic E-state index is 11.6. The average molecular weight is 640 g/mol. The number of anilines is 1. The number of carboxylic acid groups (broad SMARTS) is 2. The van der Waals surface area contributed by atoms with E-state index in [9.17, 15) is 14.4 Å². The molecule has 1 aliphatic carbocycles. The van der Waals surface area contributed by atoms with Gasteiger partial charge in [0, 0.05) is 41.2 Å². The lowest BCUT2D eigenvalue weighted by atomic mass is 9.82. The fourth-order valence-electron chi connectivity index (χ4n) is 4.45. The first kappa shape index (κ1) is 33.6. The summed E-state index contributed by atoms with van der Waals surface area (Å²) in [6.45, 7) is 0. The highest BCUT2D eigenvalue weighted by atomic mass is 35.5. The monoisotopic (exact) mass is 639 g/mol. The second kappa shape index (κ2) is 14.5. The summed E-state index contributed by atoms with van der Waals surface area (Å²) in [5.41, 5.74) is 13.8. The zero-order valence-corrected chi connectivity index (χ0v) is 24.5. The smallest absolute Gasteiger partial charge is 0.335 e. The van der Waals surface area contributed by atoms with E-state index < -0.39 is 24.1 Å². The molecule has 0 saturated heterocycles. The van der Waals surface area contributed by atoms with E-state index in [0.717, 1.165) is 16.5 Å². The first-order chi connectivity index (χ1) is 20.3. The number of nitrogens with zero attached hydrogens (tertiary/aromatic N) is 2. The van der Waals surface area contributed by atoms with Crippen molar-refractivity contribution in [1.29, 1.82) is 0 Å². The molecule has 0 aliphatic heterocycles. The van der Waals surface area contributed by atoms with Gasteiger partial charge >= 0.3 is 11.9 Å². The van der Waals surface area contributed by atoms with Crippen LogP contribution in [0.25, 0.3) is 22.0 Å². The Bertz CT molecular complexity index is 1460. The summed E-state index contributed by atoms with van der Waals surface area (Å²) in [6.07, 6.45) is -0.835. The minimum atomic E-state index is -2.27. The molecule has 3 aromatic rings. The molecule has 232 valence electrons. The lowest BCUT2D eigenvalue weighted by molar-refractivity contribution is -0.165. The molecule has 1 amide bonds. The number of fused-ring (bicyclic) bond motifs is 1. The van der Waals surface area contributed by atoms with Gasteiger partial charge in [0.2, 0.25) is 11.9 Å². The van der Waals surface area contributed by atoms with Gasteiger partial charge in [0.1, 0.15) is 11.5 Å². The number of ether oxygens (including phenoxy) is 2. The molecule has 43 heavy (non-hydrogen) atoms. The van der Waals surface area contributed by atoms with Crippen LogP contribution in [0.15, 0.2) is 30.5 Å². The number of carbonyl (C=O) groups excluding carboxylic acids is 1. The molecule has 16 heteroatoms. The van der Waals surface area contributed by atoms with Gasteiger partial charge in [-0.2, -0.15) is 0 Å². The number of aromatic nitrogens is 2. The number of carbonyl (C=O) groups is 3. The van der Waals surface area contributed by atoms with Crippen LogP contribution in [-0.4, -0.2) is 86.8 Å². The maximum atomic E-state index is 11.6. The zero-order chi connectivity index (χ0) is 32.0. The third kappa shape index (κ3) is 7.91. The van der Waals surface area contributed by atoms with Gasteiger partial charge < -0.3 is 46.7 Å². The minimum Gasteiger partial charge on any atom is -0.495 e. The molecular formula is C27H31Cl2N5O9. The molecule has 1 saturated carbocycles. The number of aliphatic hydroxyl groups is 2. The van der Waals surface area contributed by atoms with Crippen molar-refractivity contribution in [3.63, 3.8) is 0 Å². The topological polar surface area (TPSA) is 240 Å². The molecule has 4 rings (SSSR count). The summed E-state index contributed by atoms with van der Waals surface area (Å²) in [5, 5.41) is 37.4. The van der Waals surface area contributed by atoms with Crippen LogP contribution >= 0.6 is 23.2 Å². The standard InChI is InChI=1S/C23H25Cl2N5O3.C4H6O6/c1-32-17-9-18(33-2)21(25)19(20(17)24)11-4-6-15-13(7-11)10-28-23(29-15)30-16-8-12(22(27)31)3-5-14(16)26;5-1(3(7)8)2(6)4(9)10/h4,6-7,9-10,12,14,16H,3,5,8,26H2,1-2H3,(H2,27,31)(H,28,29,30);1-2,5-6H,(H,7,8)(H,9,10). The Kier molecular flexibility index (Phi) is 11.3. The number of aliphatic hydroxyl groups excluding tert-OH is 2. The third-order valence-corrected chi connectivity index (χ3v) is 7.62. The zero-order valence-electron chi connectivity index (χ0n) is 23.0. The molecule has 0 bridgehead atoms. The largest absolute Gasteiger partial charge is 0.495 e. The molecule has 9 N–H and O–H groups in total. The number of benzene rings is 2. The van der Waals surface area contributed by atoms with Gasteiger partial charge in [0.05, 0.1) is 29.8 Å². The van der Waals surface area contributed by atoms with Gasteiger partial charge in [-0.25, -0.2) is 19.6 Å². The number of nitrogens with two attached hydrogens (primary N) is 2. The maximum Gasteiger partial charge on any atom is 0.335 e. The van der Waals surface area contributed by atoms with Crippen LogP contribution in [0.1, 0.15) is 19.3 Å². The molecule has 0 spiro atoms. The molecule has 1 heterocycles. The molecule has 1 aromatic heterocycles. The van der Waals surface area contributed by atoms with E-state index in [4.69, 9.17) is 64.6 Å². The Morgan fingerprint density at radius 1 is 1.00 bits per heavy atom. The van der Waals surface area contributed by atoms with E-state index >= 15 is 0 Å². The van der Waals surface area contributed by atoms with Gasteiger partial charge in [-0.15, -0.1) is 0 Å². The molecular weight excluding hydrogens is 609 g/mol. The van der Waals surface area contributed by atoms with Crippen LogP contribution in [-0.2, 0) is 14.4 Å². The number of methoxy groups -OCH3 is 2. The quantitative estimate of drug-likeness (QED) is 0.177. The average Bonchev–Trinajstić information content (AvgIpc) is 2.97. The predicted molar refractivity (Wildman–Crippen MR) is 157 cm³/mol. The van der Waals surface area contributed by atoms with Crippen LogP contribution in [0.2, 0.25) is 10.0 Å². The Balaban J connectivity index is 0.000000436. The summed E-state index contributed by atoms with van der Waals surface area (Å²) >= 11 is 13.1. The van der Waals surface area contributed by atoms with Crippen molar-refractivity contribution in [2.75, 3.05) is 19.5 Å². The van der Waals surface area contributed by atoms with Gasteiger partial charge in [0.15, 0.2) is 12.2 Å². The Labute approximate surface area is 255 Å². The van der Waals surface area contributed by atoms with Crippen molar-refractivity contribution in [3.8, 4) is 22.6 Å². The highest BCUT2D eigenvalue weighted by Crippen LogP contribution is 2.46. The van der Waals surface area contributed by atoms with Gasteiger partial charge in [-0.1, -0.05) is 29.3 Å². The highest BCUT2D eigenvalue weighted by Gasteiger charge is 2.32. The molecule has 5 atom stereocenters. The van der Waals surface area contributed by atoms with E-state index in [1.54, 1.807) is 12.3 Å². The summed E-state index contributed by atoms with van der Waals surface area (Å²) in [7, 11) is 3.07.